The van der Waals surface area contributed by atoms with E-state index in [1.165, 1.54) is 11.8 Å². The van der Waals surface area contributed by atoms with Gasteiger partial charge < -0.3 is 11.1 Å². The van der Waals surface area contributed by atoms with E-state index in [1.54, 1.807) is 0 Å². The van der Waals surface area contributed by atoms with Crippen LogP contribution in [0.3, 0.4) is 0 Å². The number of rotatable bonds is 2. The van der Waals surface area contributed by atoms with Crippen LogP contribution in [0.25, 0.3) is 6.08 Å². The SMILES string of the molecule is CC.CCC1=CCc2cc(/C=C/F)c(N)cc2N1. The Morgan fingerprint density at radius 1 is 1.39 bits per heavy atom. The average molecular weight is 248 g/mol. The molecule has 0 aromatic heterocycles. The Bertz CT molecular complexity index is 462. The van der Waals surface area contributed by atoms with E-state index in [0.29, 0.717) is 12.0 Å². The number of halogens is 1. The molecule has 0 amide bonds. The van der Waals surface area contributed by atoms with Crippen molar-refractivity contribution < 1.29 is 4.39 Å². The lowest BCUT2D eigenvalue weighted by Gasteiger charge is -2.20. The van der Waals surface area contributed by atoms with Gasteiger partial charge in [0.05, 0.1) is 6.33 Å². The quantitative estimate of drug-likeness (QED) is 0.756. The van der Waals surface area contributed by atoms with Crippen molar-refractivity contribution in [1.82, 2.24) is 0 Å². The zero-order chi connectivity index (χ0) is 13.5. The Hall–Kier alpha value is -1.77. The first-order chi connectivity index (χ1) is 8.74. The van der Waals surface area contributed by atoms with Crippen LogP contribution in [0.1, 0.15) is 38.3 Å². The number of nitrogens with two attached hydrogens (primary N) is 1. The Labute approximate surface area is 108 Å². The van der Waals surface area contributed by atoms with Crippen LogP contribution < -0.4 is 11.1 Å². The molecule has 0 atom stereocenters. The van der Waals surface area contributed by atoms with Crippen LogP contribution in [0.2, 0.25) is 0 Å². The summed E-state index contributed by atoms with van der Waals surface area (Å²) < 4.78 is 12.1. The van der Waals surface area contributed by atoms with Gasteiger partial charge in [-0.3, -0.25) is 0 Å². The van der Waals surface area contributed by atoms with Gasteiger partial charge in [0.2, 0.25) is 0 Å². The maximum absolute atomic E-state index is 12.1. The highest BCUT2D eigenvalue weighted by molar-refractivity contribution is 5.73. The van der Waals surface area contributed by atoms with Crippen molar-refractivity contribution in [2.45, 2.75) is 33.6 Å². The van der Waals surface area contributed by atoms with Crippen LogP contribution >= 0.6 is 0 Å². The first-order valence-electron chi connectivity index (χ1n) is 6.39. The van der Waals surface area contributed by atoms with Gasteiger partial charge in [-0.05, 0) is 36.6 Å². The van der Waals surface area contributed by atoms with Crippen molar-refractivity contribution in [3.63, 3.8) is 0 Å². The standard InChI is InChI=1S/C13H15FN2.C2H6/c1-2-11-4-3-10-7-9(5-6-14)12(15)8-13(10)16-11;1-2/h4-8,16H,2-3,15H2,1H3;1-2H3/b6-5+;. The summed E-state index contributed by atoms with van der Waals surface area (Å²) in [5, 5.41) is 3.32. The van der Waals surface area contributed by atoms with Crippen molar-refractivity contribution in [2.75, 3.05) is 11.1 Å². The lowest BCUT2D eigenvalue weighted by Crippen LogP contribution is -2.08. The molecular formula is C15H21FN2. The van der Waals surface area contributed by atoms with E-state index in [9.17, 15) is 4.39 Å². The second kappa shape index (κ2) is 6.84. The third-order valence-electron chi connectivity index (χ3n) is 2.80. The molecule has 1 aliphatic heterocycles. The van der Waals surface area contributed by atoms with E-state index in [4.69, 9.17) is 5.73 Å². The number of hydrogen-bond acceptors (Lipinski definition) is 2. The first kappa shape index (κ1) is 14.3. The third-order valence-corrected chi connectivity index (χ3v) is 2.80. The van der Waals surface area contributed by atoms with Gasteiger partial charge in [0.25, 0.3) is 0 Å². The second-order valence-electron chi connectivity index (χ2n) is 3.84. The first-order valence-corrected chi connectivity index (χ1v) is 6.39. The van der Waals surface area contributed by atoms with E-state index < -0.39 is 0 Å². The fourth-order valence-corrected chi connectivity index (χ4v) is 1.87. The zero-order valence-corrected chi connectivity index (χ0v) is 11.3. The van der Waals surface area contributed by atoms with Gasteiger partial charge in [-0.2, -0.15) is 0 Å². The highest BCUT2D eigenvalue weighted by Gasteiger charge is 2.11. The van der Waals surface area contributed by atoms with Crippen LogP contribution in [0, 0.1) is 0 Å². The minimum absolute atomic E-state index is 0.516. The normalized spacial score (nSPS) is 13.2. The highest BCUT2D eigenvalue weighted by Crippen LogP contribution is 2.29. The van der Waals surface area contributed by atoms with Crippen molar-refractivity contribution in [3.05, 3.63) is 41.4 Å². The molecule has 0 bridgehead atoms. The Morgan fingerprint density at radius 3 is 2.72 bits per heavy atom. The van der Waals surface area contributed by atoms with Crippen molar-refractivity contribution in [1.29, 1.82) is 0 Å². The van der Waals surface area contributed by atoms with Gasteiger partial charge in [-0.1, -0.05) is 26.8 Å². The number of nitrogens with one attached hydrogen (secondary N) is 1. The fourth-order valence-electron chi connectivity index (χ4n) is 1.87. The molecule has 1 aromatic rings. The predicted molar refractivity (Wildman–Crippen MR) is 78.0 cm³/mol. The van der Waals surface area contributed by atoms with Gasteiger partial charge in [0, 0.05) is 22.6 Å². The number of benzene rings is 1. The van der Waals surface area contributed by atoms with E-state index in [2.05, 4.69) is 18.3 Å². The predicted octanol–water partition coefficient (Wildman–Crippen LogP) is 4.50. The molecular weight excluding hydrogens is 227 g/mol. The summed E-state index contributed by atoms with van der Waals surface area (Å²) in [4.78, 5) is 0. The third kappa shape index (κ3) is 3.13. The smallest absolute Gasteiger partial charge is 0.0873 e. The Balaban J connectivity index is 0.000000771. The molecule has 0 spiro atoms. The number of anilines is 2. The summed E-state index contributed by atoms with van der Waals surface area (Å²) >= 11 is 0. The lowest BCUT2D eigenvalue weighted by atomic mass is 10.00. The summed E-state index contributed by atoms with van der Waals surface area (Å²) in [5.41, 5.74) is 10.6. The fraction of sp³-hybridized carbons (Fsp3) is 0.333. The summed E-state index contributed by atoms with van der Waals surface area (Å²) in [6, 6.07) is 3.80. The van der Waals surface area contributed by atoms with Crippen LogP contribution in [-0.4, -0.2) is 0 Å². The van der Waals surface area contributed by atoms with Crippen molar-refractivity contribution in [3.8, 4) is 0 Å². The number of nitrogen functional groups attached to an aromatic ring is 1. The number of allylic oxidation sites excluding steroid dienone is 2. The molecule has 1 aliphatic rings. The molecule has 0 radical (unpaired) electrons. The molecule has 98 valence electrons. The molecule has 0 aliphatic carbocycles. The van der Waals surface area contributed by atoms with Gasteiger partial charge in [-0.15, -0.1) is 0 Å². The molecule has 1 heterocycles. The van der Waals surface area contributed by atoms with Crippen molar-refractivity contribution >= 4 is 17.5 Å². The Morgan fingerprint density at radius 2 is 2.11 bits per heavy atom. The molecule has 2 nitrogen and oxygen atoms in total. The monoisotopic (exact) mass is 248 g/mol. The van der Waals surface area contributed by atoms with Gasteiger partial charge in [0.15, 0.2) is 0 Å². The van der Waals surface area contributed by atoms with Gasteiger partial charge in [-0.25, -0.2) is 4.39 Å². The van der Waals surface area contributed by atoms with E-state index in [1.807, 2.05) is 26.0 Å². The number of hydrogen-bond donors (Lipinski definition) is 2. The molecule has 0 saturated carbocycles. The molecule has 1 aromatic carbocycles. The molecule has 0 saturated heterocycles. The molecule has 2 rings (SSSR count). The van der Waals surface area contributed by atoms with Crippen molar-refractivity contribution in [2.24, 2.45) is 0 Å². The molecule has 0 fully saturated rings. The van der Waals surface area contributed by atoms with E-state index in [-0.39, 0.29) is 0 Å². The summed E-state index contributed by atoms with van der Waals surface area (Å²) in [5.74, 6) is 0. The van der Waals surface area contributed by atoms with Gasteiger partial charge >= 0.3 is 0 Å². The zero-order valence-electron chi connectivity index (χ0n) is 11.3. The lowest BCUT2D eigenvalue weighted by molar-refractivity contribution is 0.727. The summed E-state index contributed by atoms with van der Waals surface area (Å²) in [6.07, 6.45) is 5.90. The number of fused-ring (bicyclic) bond motifs is 1. The summed E-state index contributed by atoms with van der Waals surface area (Å²) in [7, 11) is 0. The van der Waals surface area contributed by atoms with Crippen LogP contribution in [0.15, 0.2) is 30.2 Å². The highest BCUT2D eigenvalue weighted by atomic mass is 19.1. The molecule has 3 heteroatoms. The van der Waals surface area contributed by atoms with Crippen LogP contribution in [0.4, 0.5) is 15.8 Å². The Kier molecular flexibility index (Phi) is 5.43. The largest absolute Gasteiger partial charge is 0.398 e. The molecule has 18 heavy (non-hydrogen) atoms. The van der Waals surface area contributed by atoms with E-state index in [0.717, 1.165) is 29.7 Å². The minimum atomic E-state index is 0.516. The maximum atomic E-state index is 12.1. The maximum Gasteiger partial charge on any atom is 0.0873 e. The minimum Gasteiger partial charge on any atom is -0.398 e. The second-order valence-corrected chi connectivity index (χ2v) is 3.84. The van der Waals surface area contributed by atoms with E-state index >= 15 is 0 Å². The topological polar surface area (TPSA) is 38.0 Å². The van der Waals surface area contributed by atoms with Crippen LogP contribution in [0.5, 0.6) is 0 Å². The van der Waals surface area contributed by atoms with Gasteiger partial charge in [0.1, 0.15) is 0 Å². The molecule has 3 N–H and O–H groups in total. The average Bonchev–Trinajstić information content (AvgIpc) is 2.41. The van der Waals surface area contributed by atoms with Crippen LogP contribution in [-0.2, 0) is 6.42 Å². The summed E-state index contributed by atoms with van der Waals surface area (Å²) in [6.45, 7) is 6.10. The molecule has 0 unspecified atom stereocenters.